The molecule has 2 aromatic heterocycles. The van der Waals surface area contributed by atoms with Gasteiger partial charge in [0, 0.05) is 6.07 Å². The molecule has 12 heteroatoms. The molecule has 154 valence electrons. The highest BCUT2D eigenvalue weighted by Crippen LogP contribution is 2.39. The highest BCUT2D eigenvalue weighted by molar-refractivity contribution is 7.86. The van der Waals surface area contributed by atoms with Crippen molar-refractivity contribution in [3.8, 4) is 17.2 Å². The van der Waals surface area contributed by atoms with Crippen LogP contribution in [-0.2, 0) is 10.1 Å². The van der Waals surface area contributed by atoms with E-state index in [1.54, 1.807) is 0 Å². The van der Waals surface area contributed by atoms with Gasteiger partial charge in [-0.15, -0.1) is 0 Å². The van der Waals surface area contributed by atoms with Gasteiger partial charge < -0.3 is 18.1 Å². The van der Waals surface area contributed by atoms with Crippen LogP contribution >= 0.6 is 11.6 Å². The molecule has 0 aliphatic heterocycles. The van der Waals surface area contributed by atoms with Crippen molar-refractivity contribution in [1.82, 2.24) is 4.98 Å². The molecule has 3 aromatic rings. The van der Waals surface area contributed by atoms with E-state index < -0.39 is 56.1 Å². The third-order valence-corrected chi connectivity index (χ3v) is 4.41. The number of benzene rings is 1. The number of carbonyl (C=O) groups excluding carboxylic acids is 1. The van der Waals surface area contributed by atoms with Crippen molar-refractivity contribution in [3.63, 3.8) is 0 Å². The smallest absolute Gasteiger partial charge is 0.306 e. The molecule has 29 heavy (non-hydrogen) atoms. The second-order valence-corrected chi connectivity index (χ2v) is 7.63. The minimum absolute atomic E-state index is 0.0329. The lowest BCUT2D eigenvalue weighted by atomic mass is 10.1. The molecule has 0 N–H and O–H groups in total. The van der Waals surface area contributed by atoms with Gasteiger partial charge >= 0.3 is 10.1 Å². The van der Waals surface area contributed by atoms with Crippen LogP contribution in [0.25, 0.3) is 11.0 Å². The van der Waals surface area contributed by atoms with Gasteiger partial charge in [0.25, 0.3) is 0 Å². The van der Waals surface area contributed by atoms with E-state index in [0.717, 1.165) is 32.7 Å². The number of fused-ring (bicyclic) bond motifs is 1. The summed E-state index contributed by atoms with van der Waals surface area (Å²) in [6.45, 7) is 0. The van der Waals surface area contributed by atoms with Crippen LogP contribution in [0.15, 0.2) is 22.7 Å². The molecule has 3 rings (SSSR count). The Kier molecular flexibility index (Phi) is 5.37. The third kappa shape index (κ3) is 3.83. The van der Waals surface area contributed by atoms with Crippen molar-refractivity contribution in [2.45, 2.75) is 0 Å². The lowest BCUT2D eigenvalue weighted by Gasteiger charge is -2.11. The van der Waals surface area contributed by atoms with Gasteiger partial charge in [-0.25, -0.2) is 13.8 Å². The molecule has 1 aromatic carbocycles. The first-order valence-corrected chi connectivity index (χ1v) is 9.89. The zero-order valence-electron chi connectivity index (χ0n) is 15.1. The Balaban J connectivity index is 2.32. The van der Waals surface area contributed by atoms with E-state index in [4.69, 9.17) is 29.7 Å². The van der Waals surface area contributed by atoms with E-state index in [1.165, 1.54) is 6.07 Å². The maximum atomic E-state index is 14.7. The first-order valence-electron chi connectivity index (χ1n) is 7.69. The van der Waals surface area contributed by atoms with Crippen LogP contribution in [0.4, 0.5) is 8.78 Å². The molecule has 0 aliphatic rings. The number of carbonyl (C=O) groups is 1. The number of ketones is 1. The van der Waals surface area contributed by atoms with Gasteiger partial charge in [-0.2, -0.15) is 8.42 Å². The van der Waals surface area contributed by atoms with Crippen LogP contribution in [0.2, 0.25) is 5.15 Å². The third-order valence-electron chi connectivity index (χ3n) is 3.74. The summed E-state index contributed by atoms with van der Waals surface area (Å²) in [5, 5.41) is -0.0921. The van der Waals surface area contributed by atoms with E-state index in [9.17, 15) is 22.0 Å². The van der Waals surface area contributed by atoms with Crippen molar-refractivity contribution in [3.05, 3.63) is 46.4 Å². The van der Waals surface area contributed by atoms with E-state index in [0.29, 0.717) is 0 Å². The molecule has 0 unspecified atom stereocenters. The van der Waals surface area contributed by atoms with E-state index in [1.807, 2.05) is 0 Å². The van der Waals surface area contributed by atoms with Gasteiger partial charge in [0.05, 0.1) is 32.1 Å². The summed E-state index contributed by atoms with van der Waals surface area (Å²) in [6, 6.07) is 2.09. The highest BCUT2D eigenvalue weighted by atomic mass is 35.5. The van der Waals surface area contributed by atoms with E-state index in [2.05, 4.69) is 4.98 Å². The Bertz CT molecular complexity index is 1210. The minimum atomic E-state index is -4.15. The number of hydrogen-bond donors (Lipinski definition) is 0. The standard InChI is InChI=1S/C17H12ClF2NO7S/c1-25-8-5-9(26-2)14(20)12(13(8)19)15(22)17-16(28-29(3,23)24)7-4-11(18)21-6-10(7)27-17/h4-6H,1-3H3. The van der Waals surface area contributed by atoms with Gasteiger partial charge in [0.1, 0.15) is 10.7 Å². The quantitative estimate of drug-likeness (QED) is 0.322. The summed E-state index contributed by atoms with van der Waals surface area (Å²) in [5.74, 6) is -6.32. The minimum Gasteiger partial charge on any atom is -0.494 e. The average Bonchev–Trinajstić information content (AvgIpc) is 2.98. The number of methoxy groups -OCH3 is 2. The number of ether oxygens (including phenoxy) is 2. The highest BCUT2D eigenvalue weighted by Gasteiger charge is 2.33. The maximum Gasteiger partial charge on any atom is 0.306 e. The molecule has 0 spiro atoms. The van der Waals surface area contributed by atoms with Crippen LogP contribution in [0.1, 0.15) is 16.1 Å². The molecule has 0 radical (unpaired) electrons. The van der Waals surface area contributed by atoms with Crippen molar-refractivity contribution in [2.24, 2.45) is 0 Å². The fourth-order valence-corrected chi connectivity index (χ4v) is 3.16. The summed E-state index contributed by atoms with van der Waals surface area (Å²) in [4.78, 5) is 16.7. The lowest BCUT2D eigenvalue weighted by Crippen LogP contribution is -2.13. The SMILES string of the molecule is COc1cc(OC)c(F)c(C(=O)c2oc3cnc(Cl)cc3c2OS(C)(=O)=O)c1F. The Labute approximate surface area is 168 Å². The van der Waals surface area contributed by atoms with Crippen LogP contribution in [0, 0.1) is 11.6 Å². The zero-order valence-corrected chi connectivity index (χ0v) is 16.7. The number of rotatable bonds is 6. The average molecular weight is 448 g/mol. The second-order valence-electron chi connectivity index (χ2n) is 5.66. The second kappa shape index (κ2) is 7.48. The molecule has 0 fully saturated rings. The summed E-state index contributed by atoms with van der Waals surface area (Å²) >= 11 is 5.80. The van der Waals surface area contributed by atoms with E-state index in [-0.39, 0.29) is 16.1 Å². The molecule has 0 aliphatic carbocycles. The van der Waals surface area contributed by atoms with Crippen LogP contribution in [-0.4, -0.2) is 39.7 Å². The molecular weight excluding hydrogens is 436 g/mol. The number of halogens is 3. The molecule has 0 atom stereocenters. The van der Waals surface area contributed by atoms with Crippen molar-refractivity contribution < 1.29 is 40.1 Å². The van der Waals surface area contributed by atoms with E-state index >= 15 is 0 Å². The number of nitrogens with zero attached hydrogens (tertiary/aromatic N) is 1. The first-order chi connectivity index (χ1) is 13.6. The summed E-state index contributed by atoms with van der Waals surface area (Å²) in [5.41, 5.74) is -1.18. The predicted octanol–water partition coefficient (Wildman–Crippen LogP) is 3.35. The summed E-state index contributed by atoms with van der Waals surface area (Å²) in [7, 11) is -1.93. The molecular formula is C17H12ClF2NO7S. The van der Waals surface area contributed by atoms with Gasteiger partial charge in [0.15, 0.2) is 34.5 Å². The monoisotopic (exact) mass is 447 g/mol. The van der Waals surface area contributed by atoms with Gasteiger partial charge in [0.2, 0.25) is 11.5 Å². The molecule has 2 heterocycles. The molecule has 0 saturated carbocycles. The van der Waals surface area contributed by atoms with Crippen molar-refractivity contribution in [1.29, 1.82) is 0 Å². The summed E-state index contributed by atoms with van der Waals surface area (Å²) < 4.78 is 72.5. The maximum absolute atomic E-state index is 14.7. The predicted molar refractivity (Wildman–Crippen MR) is 97.4 cm³/mol. The fraction of sp³-hybridized carbons (Fsp3) is 0.176. The lowest BCUT2D eigenvalue weighted by molar-refractivity contribution is 0.0999. The normalized spacial score (nSPS) is 11.5. The zero-order chi connectivity index (χ0) is 21.5. The Morgan fingerprint density at radius 2 is 1.72 bits per heavy atom. The molecule has 0 bridgehead atoms. The topological polar surface area (TPSA) is 105 Å². The van der Waals surface area contributed by atoms with Crippen LogP contribution < -0.4 is 13.7 Å². The Hall–Kier alpha value is -2.92. The fourth-order valence-electron chi connectivity index (χ4n) is 2.54. The van der Waals surface area contributed by atoms with Crippen molar-refractivity contribution >= 4 is 38.5 Å². The summed E-state index contributed by atoms with van der Waals surface area (Å²) in [6.07, 6.45) is 1.82. The first kappa shape index (κ1) is 20.8. The number of pyridine rings is 1. The molecule has 0 saturated heterocycles. The molecule has 8 nitrogen and oxygen atoms in total. The van der Waals surface area contributed by atoms with Gasteiger partial charge in [-0.3, -0.25) is 4.79 Å². The Morgan fingerprint density at radius 1 is 1.14 bits per heavy atom. The van der Waals surface area contributed by atoms with Crippen LogP contribution in [0.3, 0.4) is 0 Å². The Morgan fingerprint density at radius 3 is 2.24 bits per heavy atom. The molecule has 0 amide bonds. The van der Waals surface area contributed by atoms with Gasteiger partial charge in [-0.1, -0.05) is 11.6 Å². The van der Waals surface area contributed by atoms with Crippen molar-refractivity contribution in [2.75, 3.05) is 20.5 Å². The number of hydrogen-bond acceptors (Lipinski definition) is 8. The van der Waals surface area contributed by atoms with Gasteiger partial charge in [-0.05, 0) is 6.07 Å². The van der Waals surface area contributed by atoms with Crippen LogP contribution in [0.5, 0.6) is 17.2 Å². The number of furan rings is 1. The number of aromatic nitrogens is 1. The largest absolute Gasteiger partial charge is 0.494 e.